The van der Waals surface area contributed by atoms with Crippen molar-refractivity contribution in [2.24, 2.45) is 5.10 Å². The van der Waals surface area contributed by atoms with E-state index in [0.717, 1.165) is 5.69 Å². The second-order valence-corrected chi connectivity index (χ2v) is 4.78. The molecule has 0 saturated heterocycles. The summed E-state index contributed by atoms with van der Waals surface area (Å²) in [6.07, 6.45) is 1.39. The lowest BCUT2D eigenvalue weighted by Crippen LogP contribution is -2.15. The standard InChI is InChI=1S/C15H11ClN4O/c16-10-5-7-11(8-6-10)20-17-9-14-15(21)19-13-4-2-1-3-12(13)18-14/h1-9,20H,(H,19,21)/b17-9+. The molecule has 0 bridgehead atoms. The van der Waals surface area contributed by atoms with Crippen LogP contribution in [0.2, 0.25) is 5.02 Å². The van der Waals surface area contributed by atoms with Gasteiger partial charge in [0.2, 0.25) is 0 Å². The van der Waals surface area contributed by atoms with Crippen molar-refractivity contribution in [2.45, 2.75) is 0 Å². The molecule has 21 heavy (non-hydrogen) atoms. The second-order valence-electron chi connectivity index (χ2n) is 4.35. The third-order valence-electron chi connectivity index (χ3n) is 2.85. The first-order chi connectivity index (χ1) is 10.2. The van der Waals surface area contributed by atoms with Gasteiger partial charge in [0.15, 0.2) is 0 Å². The lowest BCUT2D eigenvalue weighted by molar-refractivity contribution is 1.19. The van der Waals surface area contributed by atoms with Crippen LogP contribution < -0.4 is 11.0 Å². The van der Waals surface area contributed by atoms with Gasteiger partial charge in [-0.25, -0.2) is 4.98 Å². The van der Waals surface area contributed by atoms with Gasteiger partial charge in [-0.15, -0.1) is 0 Å². The van der Waals surface area contributed by atoms with E-state index in [9.17, 15) is 4.79 Å². The Morgan fingerprint density at radius 1 is 1.14 bits per heavy atom. The van der Waals surface area contributed by atoms with Crippen molar-refractivity contribution in [2.75, 3.05) is 5.43 Å². The van der Waals surface area contributed by atoms with Crippen LogP contribution in [-0.4, -0.2) is 16.2 Å². The number of fused-ring (bicyclic) bond motifs is 1. The Balaban J connectivity index is 1.84. The maximum Gasteiger partial charge on any atom is 0.276 e. The molecule has 0 unspecified atom stereocenters. The van der Waals surface area contributed by atoms with Crippen molar-refractivity contribution in [3.63, 3.8) is 0 Å². The number of para-hydroxylation sites is 2. The molecule has 0 amide bonds. The molecule has 5 nitrogen and oxygen atoms in total. The summed E-state index contributed by atoms with van der Waals surface area (Å²) in [5.41, 5.74) is 4.96. The molecule has 0 spiro atoms. The highest BCUT2D eigenvalue weighted by atomic mass is 35.5. The summed E-state index contributed by atoms with van der Waals surface area (Å²) in [4.78, 5) is 18.9. The molecule has 0 radical (unpaired) electrons. The molecule has 2 N–H and O–H groups in total. The van der Waals surface area contributed by atoms with Crippen molar-refractivity contribution >= 4 is 34.5 Å². The van der Waals surface area contributed by atoms with E-state index in [2.05, 4.69) is 20.5 Å². The molecule has 104 valence electrons. The monoisotopic (exact) mass is 298 g/mol. The third kappa shape index (κ3) is 3.09. The zero-order valence-electron chi connectivity index (χ0n) is 10.9. The van der Waals surface area contributed by atoms with Gasteiger partial charge >= 0.3 is 0 Å². The van der Waals surface area contributed by atoms with Crippen molar-refractivity contribution in [3.8, 4) is 0 Å². The predicted molar refractivity (Wildman–Crippen MR) is 85.0 cm³/mol. The maximum absolute atomic E-state index is 11.9. The number of hydrazone groups is 1. The van der Waals surface area contributed by atoms with Gasteiger partial charge in [0.25, 0.3) is 5.56 Å². The quantitative estimate of drug-likeness (QED) is 0.577. The summed E-state index contributed by atoms with van der Waals surface area (Å²) in [5, 5.41) is 4.66. The Bertz CT molecular complexity index is 855. The molecule has 0 aliphatic carbocycles. The number of hydrogen-bond acceptors (Lipinski definition) is 4. The molecule has 1 aromatic heterocycles. The Hall–Kier alpha value is -2.66. The third-order valence-corrected chi connectivity index (χ3v) is 3.10. The number of aromatic nitrogens is 2. The number of nitrogens with zero attached hydrogens (tertiary/aromatic N) is 2. The minimum atomic E-state index is -0.282. The number of benzene rings is 2. The van der Waals surface area contributed by atoms with Crippen LogP contribution in [-0.2, 0) is 0 Å². The molecular weight excluding hydrogens is 288 g/mol. The number of H-pyrrole nitrogens is 1. The molecule has 3 rings (SSSR count). The molecule has 0 saturated carbocycles. The normalized spacial score (nSPS) is 11.1. The van der Waals surface area contributed by atoms with Crippen LogP contribution in [0.5, 0.6) is 0 Å². The van der Waals surface area contributed by atoms with E-state index in [-0.39, 0.29) is 11.3 Å². The molecule has 0 aliphatic rings. The van der Waals surface area contributed by atoms with Gasteiger partial charge in [-0.3, -0.25) is 10.2 Å². The number of nitrogens with one attached hydrogen (secondary N) is 2. The van der Waals surface area contributed by atoms with Crippen LogP contribution in [0.25, 0.3) is 11.0 Å². The van der Waals surface area contributed by atoms with E-state index in [0.29, 0.717) is 16.1 Å². The molecule has 0 atom stereocenters. The lowest BCUT2D eigenvalue weighted by Gasteiger charge is -2.00. The highest BCUT2D eigenvalue weighted by Gasteiger charge is 2.01. The average Bonchev–Trinajstić information content (AvgIpc) is 2.50. The Morgan fingerprint density at radius 3 is 2.71 bits per heavy atom. The number of anilines is 1. The molecule has 1 heterocycles. The highest BCUT2D eigenvalue weighted by molar-refractivity contribution is 6.30. The van der Waals surface area contributed by atoms with E-state index in [1.165, 1.54) is 6.21 Å². The largest absolute Gasteiger partial charge is 0.319 e. The van der Waals surface area contributed by atoms with Crippen molar-refractivity contribution < 1.29 is 0 Å². The summed E-state index contributed by atoms with van der Waals surface area (Å²) < 4.78 is 0. The average molecular weight is 299 g/mol. The molecule has 2 aromatic carbocycles. The summed E-state index contributed by atoms with van der Waals surface area (Å²) >= 11 is 5.80. The summed E-state index contributed by atoms with van der Waals surface area (Å²) in [5.74, 6) is 0. The van der Waals surface area contributed by atoms with E-state index in [1.54, 1.807) is 30.3 Å². The first-order valence-electron chi connectivity index (χ1n) is 6.26. The number of halogens is 1. The summed E-state index contributed by atoms with van der Waals surface area (Å²) in [7, 11) is 0. The van der Waals surface area contributed by atoms with Gasteiger partial charge in [0, 0.05) is 5.02 Å². The van der Waals surface area contributed by atoms with Gasteiger partial charge in [0.05, 0.1) is 22.9 Å². The van der Waals surface area contributed by atoms with Crippen LogP contribution in [0.3, 0.4) is 0 Å². The predicted octanol–water partition coefficient (Wildman–Crippen LogP) is 3.02. The van der Waals surface area contributed by atoms with Gasteiger partial charge < -0.3 is 4.98 Å². The van der Waals surface area contributed by atoms with Crippen LogP contribution in [0.1, 0.15) is 5.69 Å². The topological polar surface area (TPSA) is 70.1 Å². The SMILES string of the molecule is O=c1[nH]c2ccccc2nc1/C=N/Nc1ccc(Cl)cc1. The van der Waals surface area contributed by atoms with E-state index in [4.69, 9.17) is 11.6 Å². The van der Waals surface area contributed by atoms with E-state index < -0.39 is 0 Å². The minimum Gasteiger partial charge on any atom is -0.319 e. The van der Waals surface area contributed by atoms with Gasteiger partial charge in [0.1, 0.15) is 5.69 Å². The van der Waals surface area contributed by atoms with Crippen LogP contribution in [0.15, 0.2) is 58.4 Å². The van der Waals surface area contributed by atoms with Gasteiger partial charge in [-0.1, -0.05) is 23.7 Å². The number of rotatable bonds is 3. The van der Waals surface area contributed by atoms with Gasteiger partial charge in [-0.05, 0) is 36.4 Å². The molecule has 6 heteroatoms. The highest BCUT2D eigenvalue weighted by Crippen LogP contribution is 2.13. The minimum absolute atomic E-state index is 0.246. The second kappa shape index (κ2) is 5.76. The van der Waals surface area contributed by atoms with Gasteiger partial charge in [-0.2, -0.15) is 5.10 Å². The molecule has 0 fully saturated rings. The first kappa shape index (κ1) is 13.3. The fourth-order valence-corrected chi connectivity index (χ4v) is 1.95. The number of aromatic amines is 1. The van der Waals surface area contributed by atoms with Crippen LogP contribution >= 0.6 is 11.6 Å². The fourth-order valence-electron chi connectivity index (χ4n) is 1.82. The van der Waals surface area contributed by atoms with E-state index in [1.807, 2.05) is 18.2 Å². The van der Waals surface area contributed by atoms with Crippen LogP contribution in [0.4, 0.5) is 5.69 Å². The first-order valence-corrected chi connectivity index (χ1v) is 6.64. The zero-order chi connectivity index (χ0) is 14.7. The van der Waals surface area contributed by atoms with Crippen LogP contribution in [0, 0.1) is 0 Å². The van der Waals surface area contributed by atoms with Crippen molar-refractivity contribution in [1.29, 1.82) is 0 Å². The lowest BCUT2D eigenvalue weighted by atomic mass is 10.3. The molecule has 3 aromatic rings. The zero-order valence-corrected chi connectivity index (χ0v) is 11.6. The van der Waals surface area contributed by atoms with Crippen molar-refractivity contribution in [1.82, 2.24) is 9.97 Å². The number of hydrogen-bond donors (Lipinski definition) is 2. The summed E-state index contributed by atoms with van der Waals surface area (Å²) in [6, 6.07) is 14.4. The summed E-state index contributed by atoms with van der Waals surface area (Å²) in [6.45, 7) is 0. The molecule has 0 aliphatic heterocycles. The Kier molecular flexibility index (Phi) is 3.66. The smallest absolute Gasteiger partial charge is 0.276 e. The maximum atomic E-state index is 11.9. The Labute approximate surface area is 125 Å². The Morgan fingerprint density at radius 2 is 1.90 bits per heavy atom. The van der Waals surface area contributed by atoms with E-state index >= 15 is 0 Å². The fraction of sp³-hybridized carbons (Fsp3) is 0. The van der Waals surface area contributed by atoms with Crippen molar-refractivity contribution in [3.05, 3.63) is 69.6 Å². The molecular formula is C15H11ClN4O.